The molecule has 0 saturated carbocycles. The van der Waals surface area contributed by atoms with Crippen LogP contribution in [0.5, 0.6) is 34.5 Å². The van der Waals surface area contributed by atoms with Gasteiger partial charge in [-0.2, -0.15) is 0 Å². The summed E-state index contributed by atoms with van der Waals surface area (Å²) in [6.07, 6.45) is 0. The molecular weight excluding hydrogens is 1640 g/mol. The van der Waals surface area contributed by atoms with E-state index < -0.39 is 0 Å². The van der Waals surface area contributed by atoms with Crippen molar-refractivity contribution in [3.63, 3.8) is 0 Å². The van der Waals surface area contributed by atoms with Crippen LogP contribution in [0.1, 0.15) is 47.2 Å². The molecule has 0 atom stereocenters. The van der Waals surface area contributed by atoms with E-state index in [1.807, 2.05) is 11.3 Å². The topological polar surface area (TPSA) is 42.5 Å². The second kappa shape index (κ2) is 29.6. The minimum absolute atomic E-state index is 0.0986. The van der Waals surface area contributed by atoms with E-state index in [-0.39, 0.29) is 31.0 Å². The van der Waals surface area contributed by atoms with Gasteiger partial charge >= 0.3 is 0 Å². The highest BCUT2D eigenvalue weighted by atomic mass is 32.1. The molecule has 20 aromatic carbocycles. The zero-order valence-electron chi connectivity index (χ0n) is 73.4. The van der Waals surface area contributed by atoms with Crippen molar-refractivity contribution in [2.75, 3.05) is 0 Å². The first-order valence-corrected chi connectivity index (χ1v) is 47.3. The van der Waals surface area contributed by atoms with Crippen LogP contribution in [0.4, 0.5) is 0 Å². The van der Waals surface area contributed by atoms with Gasteiger partial charge in [0.15, 0.2) is 0 Å². The molecule has 30 rings (SSSR count). The summed E-state index contributed by atoms with van der Waals surface area (Å²) in [4.78, 5) is 0. The molecule has 24 aromatic rings. The van der Waals surface area contributed by atoms with Crippen LogP contribution in [0.25, 0.3) is 136 Å². The zero-order valence-corrected chi connectivity index (χ0v) is 74.2. The Kier molecular flexibility index (Phi) is 16.9. The third kappa shape index (κ3) is 11.1. The van der Waals surface area contributed by atoms with Crippen LogP contribution in [0.3, 0.4) is 0 Å². The third-order valence-corrected chi connectivity index (χ3v) is 30.9. The van der Waals surface area contributed by atoms with E-state index in [0.29, 0.717) is 0 Å². The SMILES string of the molecule is CC1(C)c2ccccc2-c2ccc3c4ccccc4n(-c4ccc5c(c4)Oc4ccccc4B5c4ccccc4)c3c21.c1ccc(B2c3ccccc3Oc3cc(-n4c5ccccc5c5c6c(ccc54)C4(c5ccccc5-c5ccccc54)c4ccccc4-6)ccc32)cc1.c1ccc(B2c3ccccc3Oc3cc(-n4c5ccccc5c5ccc6sc7ccccc7c6c54)ccc32)cc1. The Labute approximate surface area is 780 Å². The molecule has 0 unspecified atom stereocenters. The minimum Gasteiger partial charge on any atom is -0.458 e. The van der Waals surface area contributed by atoms with Gasteiger partial charge in [-0.15, -0.1) is 11.3 Å². The van der Waals surface area contributed by atoms with Gasteiger partial charge in [-0.1, -0.05) is 388 Å². The van der Waals surface area contributed by atoms with Crippen LogP contribution in [-0.2, 0) is 10.8 Å². The Bertz CT molecular complexity index is 9030. The van der Waals surface area contributed by atoms with E-state index in [0.717, 1.165) is 51.6 Å². The van der Waals surface area contributed by atoms with Gasteiger partial charge < -0.3 is 27.9 Å². The predicted molar refractivity (Wildman–Crippen MR) is 562 cm³/mol. The predicted octanol–water partition coefficient (Wildman–Crippen LogP) is 25.2. The van der Waals surface area contributed by atoms with E-state index in [9.17, 15) is 0 Å². The number of nitrogens with zero attached hydrogens (tertiary/aromatic N) is 3. The number of rotatable bonds is 6. The highest BCUT2D eigenvalue weighted by molar-refractivity contribution is 7.26. The molecule has 3 aliphatic carbocycles. The lowest BCUT2D eigenvalue weighted by molar-refractivity contribution is 0.487. The van der Waals surface area contributed by atoms with Crippen LogP contribution in [-0.4, -0.2) is 33.8 Å². The van der Waals surface area contributed by atoms with Gasteiger partial charge in [0.1, 0.15) is 34.5 Å². The lowest BCUT2D eigenvalue weighted by Gasteiger charge is -2.30. The van der Waals surface area contributed by atoms with Crippen molar-refractivity contribution in [2.45, 2.75) is 24.7 Å². The maximum absolute atomic E-state index is 6.73. The summed E-state index contributed by atoms with van der Waals surface area (Å²) in [6.45, 7) is 5.09. The molecule has 624 valence electrons. The van der Waals surface area contributed by atoms with E-state index in [4.69, 9.17) is 14.2 Å². The zero-order chi connectivity index (χ0) is 88.2. The molecule has 134 heavy (non-hydrogen) atoms. The Morgan fingerprint density at radius 1 is 0.231 bits per heavy atom. The van der Waals surface area contributed by atoms with Crippen molar-refractivity contribution in [1.82, 2.24) is 13.7 Å². The van der Waals surface area contributed by atoms with Gasteiger partial charge in [0.2, 0.25) is 0 Å². The summed E-state index contributed by atoms with van der Waals surface area (Å²) in [7, 11) is 0. The number of thiophene rings is 1. The summed E-state index contributed by atoms with van der Waals surface area (Å²) in [5, 5.41) is 10.3. The average molecular weight is 1720 g/mol. The highest BCUT2D eigenvalue weighted by Gasteiger charge is 2.53. The quantitative estimate of drug-likeness (QED) is 0.156. The third-order valence-electron chi connectivity index (χ3n) is 29.8. The van der Waals surface area contributed by atoms with Crippen molar-refractivity contribution < 1.29 is 14.2 Å². The number of hydrogen-bond acceptors (Lipinski definition) is 4. The lowest BCUT2D eigenvalue weighted by Crippen LogP contribution is -2.54. The van der Waals surface area contributed by atoms with E-state index in [1.54, 1.807) is 0 Å². The Morgan fingerprint density at radius 2 is 0.604 bits per heavy atom. The smallest absolute Gasteiger partial charge is 0.250 e. The molecular formula is C124H80B3N3O3S. The molecule has 0 fully saturated rings. The molecule has 10 heteroatoms. The maximum atomic E-state index is 6.73. The van der Waals surface area contributed by atoms with Gasteiger partial charge in [-0.3, -0.25) is 0 Å². The molecule has 6 aliphatic rings. The number of hydrogen-bond donors (Lipinski definition) is 0. The fourth-order valence-electron chi connectivity index (χ4n) is 24.3. The van der Waals surface area contributed by atoms with E-state index in [2.05, 4.69) is 476 Å². The first kappa shape index (κ1) is 76.5. The molecule has 4 aromatic heterocycles. The number of fused-ring (bicyclic) bond motifs is 34. The normalized spacial score (nSPS) is 13.7. The van der Waals surface area contributed by atoms with Crippen LogP contribution >= 0.6 is 11.3 Å². The summed E-state index contributed by atoms with van der Waals surface area (Å²) >= 11 is 1.87. The molecule has 3 aliphatic heterocycles. The number of aromatic nitrogens is 3. The van der Waals surface area contributed by atoms with Crippen molar-refractivity contribution in [3.05, 3.63) is 482 Å². The molecule has 1 spiro atoms. The van der Waals surface area contributed by atoms with Gasteiger partial charge in [-0.05, 0) is 172 Å². The van der Waals surface area contributed by atoms with Gasteiger partial charge in [0, 0.05) is 93.2 Å². The number of para-hydroxylation sites is 6. The first-order valence-electron chi connectivity index (χ1n) is 46.5. The van der Waals surface area contributed by atoms with Gasteiger partial charge in [-0.25, -0.2) is 0 Å². The second-order valence-electron chi connectivity index (χ2n) is 36.9. The lowest BCUT2D eigenvalue weighted by atomic mass is 9.36. The molecule has 6 nitrogen and oxygen atoms in total. The number of benzene rings is 20. The van der Waals surface area contributed by atoms with Crippen LogP contribution in [0.15, 0.2) is 449 Å². The second-order valence-corrected chi connectivity index (χ2v) is 38.0. The van der Waals surface area contributed by atoms with E-state index >= 15 is 0 Å². The molecule has 0 N–H and O–H groups in total. The fraction of sp³-hybridized carbons (Fsp3) is 0.0323. The van der Waals surface area contributed by atoms with Crippen molar-refractivity contribution in [1.29, 1.82) is 0 Å². The minimum atomic E-state index is -0.379. The summed E-state index contributed by atoms with van der Waals surface area (Å²) in [5.74, 6) is 5.50. The van der Waals surface area contributed by atoms with Crippen LogP contribution in [0.2, 0.25) is 0 Å². The van der Waals surface area contributed by atoms with Crippen LogP contribution in [0, 0.1) is 0 Å². The standard InChI is InChI=1S/C49H30BNO.C39H28BNO.C36H22BNOS/c1-2-14-31(15-3-1)50-41-23-11-13-25-45(41)52-46-30-32(26-28-42(46)50)51-43-24-12-7-19-36(43)48-44(51)29-27-40-47(48)35-18-6-10-22-39(35)49(40)37-20-8-4-16-33(37)34-17-5-9-21-38(34)49;1-39(2)31-16-8-6-14-27(31)29-21-22-30-28-15-7-10-18-34(28)41(38(30)37(29)39)26-20-23-33-36(24-26)42-35-19-11-9-17-32(35)40(33)25-12-4-3-5-13-25;1-2-10-23(11-3-1)37-28-14-6-8-16-31(28)39-32-22-24(18-20-29(32)37)38-30-15-7-4-12-25(30)26-19-21-34-35(36(26)38)27-13-5-9-17-33(27)40-34/h1-30H;3-24H,1-2H3;1-22H. The summed E-state index contributed by atoms with van der Waals surface area (Å²) < 4.78 is 30.0. The largest absolute Gasteiger partial charge is 0.458 e. The van der Waals surface area contributed by atoms with Crippen molar-refractivity contribution >= 4 is 166 Å². The van der Waals surface area contributed by atoms with Gasteiger partial charge in [0.05, 0.1) is 38.5 Å². The Balaban J connectivity index is 0.000000101. The van der Waals surface area contributed by atoms with Gasteiger partial charge in [0.25, 0.3) is 20.1 Å². The molecule has 0 amide bonds. The number of ether oxygens (including phenoxy) is 3. The molecule has 7 heterocycles. The summed E-state index contributed by atoms with van der Waals surface area (Å²) in [6, 6.07) is 163. The molecule has 0 radical (unpaired) electrons. The summed E-state index contributed by atoms with van der Waals surface area (Å²) in [5.41, 5.74) is 37.4. The molecule has 0 bridgehead atoms. The van der Waals surface area contributed by atoms with Crippen molar-refractivity contribution in [2.24, 2.45) is 0 Å². The van der Waals surface area contributed by atoms with Crippen LogP contribution < -0.4 is 63.4 Å². The van der Waals surface area contributed by atoms with Crippen molar-refractivity contribution in [3.8, 4) is 84.9 Å². The first-order chi connectivity index (χ1) is 66.3. The maximum Gasteiger partial charge on any atom is 0.250 e. The Hall–Kier alpha value is -16.4. The monoisotopic (exact) mass is 1720 g/mol. The average Bonchev–Trinajstić information content (AvgIpc) is 1.49. The van der Waals surface area contributed by atoms with E-state index in [1.165, 1.54) is 202 Å². The molecule has 0 saturated heterocycles. The highest BCUT2D eigenvalue weighted by Crippen LogP contribution is 2.65. The Morgan fingerprint density at radius 3 is 1.12 bits per heavy atom. The fourth-order valence-corrected chi connectivity index (χ4v) is 25.4.